The van der Waals surface area contributed by atoms with E-state index in [4.69, 9.17) is 0 Å². The number of aromatic nitrogens is 3. The third-order valence-corrected chi connectivity index (χ3v) is 8.92. The van der Waals surface area contributed by atoms with Crippen molar-refractivity contribution in [3.63, 3.8) is 0 Å². The summed E-state index contributed by atoms with van der Waals surface area (Å²) in [5, 5.41) is 9.02. The minimum atomic E-state index is -0.183. The zero-order valence-electron chi connectivity index (χ0n) is 22.2. The van der Waals surface area contributed by atoms with E-state index in [1.165, 1.54) is 18.4 Å². The molecule has 1 unspecified atom stereocenters. The van der Waals surface area contributed by atoms with Crippen molar-refractivity contribution in [1.29, 1.82) is 0 Å². The zero-order valence-corrected chi connectivity index (χ0v) is 22.2. The average Bonchev–Trinajstić information content (AvgIpc) is 3.04. The van der Waals surface area contributed by atoms with Gasteiger partial charge in [0.15, 0.2) is 0 Å². The molecule has 0 amide bonds. The highest BCUT2D eigenvalue weighted by molar-refractivity contribution is 5.74. The molecule has 0 spiro atoms. The Morgan fingerprint density at radius 3 is 1.97 bits per heavy atom. The van der Waals surface area contributed by atoms with Crippen LogP contribution in [0.2, 0.25) is 0 Å². The monoisotopic (exact) mass is 425 g/mol. The van der Waals surface area contributed by atoms with Crippen LogP contribution in [0, 0.1) is 21.7 Å². The van der Waals surface area contributed by atoms with Gasteiger partial charge in [0.2, 0.25) is 0 Å². The molecule has 0 radical (unpaired) electrons. The lowest BCUT2D eigenvalue weighted by Gasteiger charge is -2.53. The van der Waals surface area contributed by atoms with E-state index in [2.05, 4.69) is 110 Å². The Labute approximate surface area is 191 Å². The highest BCUT2D eigenvalue weighted by atomic mass is 15.5. The summed E-state index contributed by atoms with van der Waals surface area (Å²) in [7, 11) is 0. The molecule has 0 aliphatic heterocycles. The number of rotatable bonds is 10. The lowest BCUT2D eigenvalue weighted by atomic mass is 9.53. The van der Waals surface area contributed by atoms with Gasteiger partial charge < -0.3 is 0 Å². The predicted molar refractivity (Wildman–Crippen MR) is 135 cm³/mol. The number of nitrogens with zero attached hydrogens (tertiary/aromatic N) is 3. The zero-order chi connectivity index (χ0) is 23.9. The molecule has 0 fully saturated rings. The molecule has 2 aromatic rings. The Balaban J connectivity index is 2.37. The van der Waals surface area contributed by atoms with Crippen LogP contribution in [0.3, 0.4) is 0 Å². The average molecular weight is 426 g/mol. The second-order valence-electron chi connectivity index (χ2n) is 12.6. The number of hydrogen-bond donors (Lipinski definition) is 0. The molecule has 1 atom stereocenters. The van der Waals surface area contributed by atoms with Crippen molar-refractivity contribution < 1.29 is 0 Å². The molecule has 0 aliphatic carbocycles. The minimum Gasteiger partial charge on any atom is -0.239 e. The molecule has 2 rings (SSSR count). The van der Waals surface area contributed by atoms with Gasteiger partial charge in [0, 0.05) is 0 Å². The van der Waals surface area contributed by atoms with Gasteiger partial charge in [0.05, 0.1) is 11.1 Å². The second kappa shape index (κ2) is 8.37. The number of fused-ring (bicyclic) bond motifs is 1. The van der Waals surface area contributed by atoms with Gasteiger partial charge in [0.25, 0.3) is 0 Å². The SMILES string of the molecule is C=C(C)C(C)(CCC)CC(C)(C)C(C)(C)CC(C)(C)C(C)(C)n1nnc2ccccc21. The number of hydrogen-bond acceptors (Lipinski definition) is 2. The van der Waals surface area contributed by atoms with Crippen LogP contribution < -0.4 is 0 Å². The molecule has 1 aromatic heterocycles. The summed E-state index contributed by atoms with van der Waals surface area (Å²) in [5.41, 5.74) is 3.68. The maximum atomic E-state index is 4.59. The van der Waals surface area contributed by atoms with Crippen molar-refractivity contribution >= 4 is 11.0 Å². The fraction of sp³-hybridized carbons (Fsp3) is 0.714. The third-order valence-electron chi connectivity index (χ3n) is 8.92. The van der Waals surface area contributed by atoms with Gasteiger partial charge in [-0.2, -0.15) is 0 Å². The van der Waals surface area contributed by atoms with Crippen LogP contribution in [0.1, 0.15) is 102 Å². The van der Waals surface area contributed by atoms with E-state index in [-0.39, 0.29) is 27.2 Å². The first-order valence-corrected chi connectivity index (χ1v) is 12.0. The summed E-state index contributed by atoms with van der Waals surface area (Å²) in [6.45, 7) is 30.5. The van der Waals surface area contributed by atoms with Crippen molar-refractivity contribution in [2.24, 2.45) is 21.7 Å². The molecule has 0 saturated carbocycles. The van der Waals surface area contributed by atoms with Crippen LogP contribution in [0.25, 0.3) is 11.0 Å². The van der Waals surface area contributed by atoms with Crippen LogP contribution in [-0.4, -0.2) is 15.0 Å². The van der Waals surface area contributed by atoms with E-state index in [1.807, 2.05) is 12.1 Å². The molecule has 1 aromatic carbocycles. The van der Waals surface area contributed by atoms with Crippen LogP contribution in [0.5, 0.6) is 0 Å². The molecule has 31 heavy (non-hydrogen) atoms. The smallest absolute Gasteiger partial charge is 0.113 e. The summed E-state index contributed by atoms with van der Waals surface area (Å²) in [4.78, 5) is 0. The Kier molecular flexibility index (Phi) is 6.92. The summed E-state index contributed by atoms with van der Waals surface area (Å²) in [6, 6.07) is 8.27. The van der Waals surface area contributed by atoms with Gasteiger partial charge in [-0.15, -0.1) is 5.10 Å². The van der Waals surface area contributed by atoms with E-state index in [0.717, 1.165) is 23.9 Å². The molecule has 0 bridgehead atoms. The maximum Gasteiger partial charge on any atom is 0.113 e. The van der Waals surface area contributed by atoms with Crippen molar-refractivity contribution in [3.05, 3.63) is 36.4 Å². The Morgan fingerprint density at radius 1 is 0.871 bits per heavy atom. The van der Waals surface area contributed by atoms with E-state index in [1.54, 1.807) is 0 Å². The van der Waals surface area contributed by atoms with Crippen molar-refractivity contribution in [1.82, 2.24) is 15.0 Å². The summed E-state index contributed by atoms with van der Waals surface area (Å²) >= 11 is 0. The van der Waals surface area contributed by atoms with Crippen LogP contribution in [-0.2, 0) is 5.54 Å². The van der Waals surface area contributed by atoms with Gasteiger partial charge in [-0.25, -0.2) is 4.68 Å². The number of para-hydroxylation sites is 1. The molecule has 3 heteroatoms. The highest BCUT2D eigenvalue weighted by Crippen LogP contribution is 2.56. The summed E-state index contributed by atoms with van der Waals surface area (Å²) < 4.78 is 2.14. The first kappa shape index (κ1) is 25.6. The largest absolute Gasteiger partial charge is 0.239 e. The van der Waals surface area contributed by atoms with E-state index in [9.17, 15) is 0 Å². The van der Waals surface area contributed by atoms with Crippen molar-refractivity contribution in [3.8, 4) is 0 Å². The van der Waals surface area contributed by atoms with Crippen molar-refractivity contribution in [2.45, 2.75) is 107 Å². The molecule has 0 aliphatic rings. The van der Waals surface area contributed by atoms with Gasteiger partial charge in [0.1, 0.15) is 5.52 Å². The van der Waals surface area contributed by atoms with Gasteiger partial charge in [-0.1, -0.05) is 91.3 Å². The number of benzene rings is 1. The van der Waals surface area contributed by atoms with Gasteiger partial charge in [-0.05, 0) is 73.8 Å². The van der Waals surface area contributed by atoms with E-state index >= 15 is 0 Å². The van der Waals surface area contributed by atoms with Crippen molar-refractivity contribution in [2.75, 3.05) is 0 Å². The highest BCUT2D eigenvalue weighted by Gasteiger charge is 2.49. The molecular formula is C28H47N3. The standard InChI is InChI=1S/C28H47N3/c1-13-18-28(12,21(2)3)20-25(6,7)24(4,5)19-26(8,9)27(10,11)31-23-17-15-14-16-22(23)29-30-31/h14-17H,2,13,18-20H2,1,3-12H3. The summed E-state index contributed by atoms with van der Waals surface area (Å²) in [6.07, 6.45) is 4.63. The predicted octanol–water partition coefficient (Wildman–Crippen LogP) is 8.41. The van der Waals surface area contributed by atoms with Crippen LogP contribution >= 0.6 is 0 Å². The normalized spacial score (nSPS) is 15.8. The fourth-order valence-corrected chi connectivity index (χ4v) is 5.35. The van der Waals surface area contributed by atoms with Gasteiger partial charge in [-0.3, -0.25) is 0 Å². The Morgan fingerprint density at radius 2 is 1.42 bits per heavy atom. The topological polar surface area (TPSA) is 30.7 Å². The third kappa shape index (κ3) is 4.76. The van der Waals surface area contributed by atoms with E-state index in [0.29, 0.717) is 0 Å². The molecule has 174 valence electrons. The second-order valence-corrected chi connectivity index (χ2v) is 12.6. The lowest BCUT2D eigenvalue weighted by molar-refractivity contribution is -0.0218. The Bertz CT molecular complexity index is 913. The number of allylic oxidation sites excluding steroid dienone is 1. The minimum absolute atomic E-state index is 0.00855. The molecular weight excluding hydrogens is 378 g/mol. The first-order chi connectivity index (χ1) is 14.0. The molecule has 0 saturated heterocycles. The molecule has 3 nitrogen and oxygen atoms in total. The summed E-state index contributed by atoms with van der Waals surface area (Å²) in [5.74, 6) is 0. The molecule has 1 heterocycles. The van der Waals surface area contributed by atoms with Gasteiger partial charge >= 0.3 is 0 Å². The fourth-order valence-electron chi connectivity index (χ4n) is 5.35. The van der Waals surface area contributed by atoms with Crippen LogP contribution in [0.15, 0.2) is 36.4 Å². The molecule has 0 N–H and O–H groups in total. The Hall–Kier alpha value is -1.64. The lowest BCUT2D eigenvalue weighted by Crippen LogP contribution is -2.48. The maximum absolute atomic E-state index is 4.59. The van der Waals surface area contributed by atoms with Crippen LogP contribution in [0.4, 0.5) is 0 Å². The quantitative estimate of drug-likeness (QED) is 0.358. The van der Waals surface area contributed by atoms with E-state index < -0.39 is 0 Å². The first-order valence-electron chi connectivity index (χ1n) is 12.0.